The number of benzene rings is 2. The summed E-state index contributed by atoms with van der Waals surface area (Å²) in [4.78, 5) is 0. The second-order valence-corrected chi connectivity index (χ2v) is 7.33. The first-order chi connectivity index (χ1) is 8.81. The summed E-state index contributed by atoms with van der Waals surface area (Å²) in [5.74, 6) is 0. The fourth-order valence-electron chi connectivity index (χ4n) is 1.92. The zero-order valence-corrected chi connectivity index (χ0v) is 12.4. The van der Waals surface area contributed by atoms with Gasteiger partial charge < -0.3 is 0 Å². The van der Waals surface area contributed by atoms with Crippen molar-refractivity contribution in [3.63, 3.8) is 0 Å². The fourth-order valence-corrected chi connectivity index (χ4v) is 4.87. The largest absolute Gasteiger partial charge is 0.176 e. The van der Waals surface area contributed by atoms with Crippen LogP contribution in [0.4, 0.5) is 0 Å². The van der Waals surface area contributed by atoms with Gasteiger partial charge in [0.2, 0.25) is 0 Å². The third-order valence-corrected chi connectivity index (χ3v) is 6.48. The van der Waals surface area contributed by atoms with Gasteiger partial charge in [0.25, 0.3) is 0 Å². The van der Waals surface area contributed by atoms with E-state index < -0.39 is 0 Å². The summed E-state index contributed by atoms with van der Waals surface area (Å²) in [5, 5.41) is 3.38. The van der Waals surface area contributed by atoms with Crippen LogP contribution in [0, 0.1) is 0 Å². The van der Waals surface area contributed by atoms with E-state index >= 15 is 0 Å². The molecule has 0 saturated heterocycles. The second-order valence-electron chi connectivity index (χ2n) is 4.34. The molecule has 2 aromatic rings. The lowest BCUT2D eigenvalue weighted by molar-refractivity contribution is 0.921. The number of hydrogen-bond donors (Lipinski definition) is 1. The van der Waals surface area contributed by atoms with E-state index in [9.17, 15) is 0 Å². The summed E-state index contributed by atoms with van der Waals surface area (Å²) in [5.41, 5.74) is 0. The molecule has 0 spiro atoms. The van der Waals surface area contributed by atoms with Crippen LogP contribution in [-0.4, -0.2) is 11.4 Å². The summed E-state index contributed by atoms with van der Waals surface area (Å²) in [6, 6.07) is 21.7. The van der Waals surface area contributed by atoms with Gasteiger partial charge in [0, 0.05) is 5.25 Å². The highest BCUT2D eigenvalue weighted by molar-refractivity contribution is 7.82. The molecule has 2 heteroatoms. The Morgan fingerprint density at radius 2 is 1.33 bits per heavy atom. The highest BCUT2D eigenvalue weighted by atomic mass is 32.1. The molecule has 18 heavy (non-hydrogen) atoms. The molecule has 1 atom stereocenters. The number of thiol groups is 1. The Balaban J connectivity index is 2.29. The molecule has 0 radical (unpaired) electrons. The van der Waals surface area contributed by atoms with Crippen molar-refractivity contribution >= 4 is 31.2 Å². The highest BCUT2D eigenvalue weighted by Crippen LogP contribution is 2.35. The van der Waals surface area contributed by atoms with Gasteiger partial charge in [0.15, 0.2) is 0 Å². The van der Waals surface area contributed by atoms with Gasteiger partial charge in [-0.1, -0.05) is 67.6 Å². The van der Waals surface area contributed by atoms with Gasteiger partial charge in [0.1, 0.15) is 0 Å². The van der Waals surface area contributed by atoms with E-state index in [1.165, 1.54) is 10.6 Å². The predicted molar refractivity (Wildman–Crippen MR) is 87.0 cm³/mol. The summed E-state index contributed by atoms with van der Waals surface area (Å²) >= 11 is 4.69. The Morgan fingerprint density at radius 1 is 0.889 bits per heavy atom. The maximum absolute atomic E-state index is 4.69. The molecule has 0 saturated carbocycles. The van der Waals surface area contributed by atoms with Crippen LogP contribution in [0.15, 0.2) is 60.7 Å². The summed E-state index contributed by atoms with van der Waals surface area (Å²) in [6.07, 6.45) is 2.28. The SMILES string of the molecule is CCC(S)CP(c1ccccc1)c1ccccc1. The Morgan fingerprint density at radius 3 is 1.72 bits per heavy atom. The van der Waals surface area contributed by atoms with Crippen molar-refractivity contribution in [2.45, 2.75) is 18.6 Å². The van der Waals surface area contributed by atoms with Crippen LogP contribution in [0.2, 0.25) is 0 Å². The Kier molecular flexibility index (Phi) is 5.28. The van der Waals surface area contributed by atoms with Crippen molar-refractivity contribution in [2.75, 3.05) is 6.16 Å². The minimum atomic E-state index is -0.273. The van der Waals surface area contributed by atoms with E-state index in [4.69, 9.17) is 0 Å². The Labute approximate surface area is 117 Å². The Bertz CT molecular complexity index is 416. The molecule has 0 aliphatic heterocycles. The third kappa shape index (κ3) is 3.60. The van der Waals surface area contributed by atoms with E-state index in [1.54, 1.807) is 0 Å². The smallest absolute Gasteiger partial charge is 0.00594 e. The molecule has 0 aliphatic rings. The van der Waals surface area contributed by atoms with Gasteiger partial charge in [-0.15, -0.1) is 0 Å². The lowest BCUT2D eigenvalue weighted by Gasteiger charge is -2.21. The zero-order chi connectivity index (χ0) is 12.8. The summed E-state index contributed by atoms with van der Waals surface area (Å²) in [7, 11) is -0.273. The van der Waals surface area contributed by atoms with Crippen LogP contribution < -0.4 is 10.6 Å². The molecule has 0 fully saturated rings. The van der Waals surface area contributed by atoms with E-state index in [0.29, 0.717) is 5.25 Å². The van der Waals surface area contributed by atoms with E-state index in [2.05, 4.69) is 80.2 Å². The van der Waals surface area contributed by atoms with Crippen molar-refractivity contribution in [1.82, 2.24) is 0 Å². The topological polar surface area (TPSA) is 0 Å². The van der Waals surface area contributed by atoms with Gasteiger partial charge in [-0.2, -0.15) is 12.6 Å². The molecule has 2 rings (SSSR count). The fraction of sp³-hybridized carbons (Fsp3) is 0.250. The first-order valence-electron chi connectivity index (χ1n) is 6.37. The molecule has 0 nitrogen and oxygen atoms in total. The van der Waals surface area contributed by atoms with Crippen molar-refractivity contribution in [3.05, 3.63) is 60.7 Å². The van der Waals surface area contributed by atoms with Gasteiger partial charge in [0.05, 0.1) is 0 Å². The molecule has 0 amide bonds. The van der Waals surface area contributed by atoms with Crippen molar-refractivity contribution in [2.24, 2.45) is 0 Å². The van der Waals surface area contributed by atoms with Gasteiger partial charge in [-0.3, -0.25) is 0 Å². The predicted octanol–water partition coefficient (Wildman–Crippen LogP) is 3.83. The quantitative estimate of drug-likeness (QED) is 0.622. The Hall–Kier alpha value is -0.780. The molecular formula is C16H19PS. The first kappa shape index (κ1) is 13.6. The molecule has 0 aromatic heterocycles. The molecule has 0 aliphatic carbocycles. The molecule has 0 N–H and O–H groups in total. The standard InChI is InChI=1S/C16H19PS/c1-2-16(18)13-17(14-9-5-3-6-10-14)15-11-7-4-8-12-15/h3-12,16,18H,2,13H2,1H3. The average Bonchev–Trinajstić information content (AvgIpc) is 2.46. The lowest BCUT2D eigenvalue weighted by atomic mass is 10.4. The van der Waals surface area contributed by atoms with Crippen LogP contribution in [-0.2, 0) is 0 Å². The van der Waals surface area contributed by atoms with Gasteiger partial charge >= 0.3 is 0 Å². The maximum atomic E-state index is 4.69. The zero-order valence-electron chi connectivity index (χ0n) is 10.7. The van der Waals surface area contributed by atoms with E-state index in [0.717, 1.165) is 12.6 Å². The number of hydrogen-bond acceptors (Lipinski definition) is 1. The molecule has 94 valence electrons. The monoisotopic (exact) mass is 274 g/mol. The summed E-state index contributed by atoms with van der Waals surface area (Å²) < 4.78 is 0. The van der Waals surface area contributed by atoms with Crippen LogP contribution in [0.5, 0.6) is 0 Å². The maximum Gasteiger partial charge on any atom is 0.00594 e. The average molecular weight is 274 g/mol. The first-order valence-corrected chi connectivity index (χ1v) is 8.41. The molecule has 0 heterocycles. The normalized spacial score (nSPS) is 12.6. The molecule has 0 bridgehead atoms. The molecule has 1 unspecified atom stereocenters. The second kappa shape index (κ2) is 6.97. The van der Waals surface area contributed by atoms with Gasteiger partial charge in [-0.25, -0.2) is 0 Å². The minimum absolute atomic E-state index is 0.273. The van der Waals surface area contributed by atoms with Crippen LogP contribution in [0.1, 0.15) is 13.3 Å². The number of rotatable bonds is 5. The van der Waals surface area contributed by atoms with E-state index in [1.807, 2.05) is 0 Å². The van der Waals surface area contributed by atoms with Crippen LogP contribution in [0.3, 0.4) is 0 Å². The molecule has 2 aromatic carbocycles. The van der Waals surface area contributed by atoms with E-state index in [-0.39, 0.29) is 7.92 Å². The summed E-state index contributed by atoms with van der Waals surface area (Å²) in [6.45, 7) is 2.21. The van der Waals surface area contributed by atoms with Crippen molar-refractivity contribution < 1.29 is 0 Å². The van der Waals surface area contributed by atoms with Crippen molar-refractivity contribution in [1.29, 1.82) is 0 Å². The van der Waals surface area contributed by atoms with Crippen LogP contribution >= 0.6 is 20.6 Å². The van der Waals surface area contributed by atoms with Gasteiger partial charge in [-0.05, 0) is 31.1 Å². The lowest BCUT2D eigenvalue weighted by Crippen LogP contribution is -2.18. The highest BCUT2D eigenvalue weighted by Gasteiger charge is 2.16. The minimum Gasteiger partial charge on any atom is -0.176 e. The third-order valence-electron chi connectivity index (χ3n) is 3.00. The van der Waals surface area contributed by atoms with Crippen molar-refractivity contribution in [3.8, 4) is 0 Å². The molecular weight excluding hydrogens is 255 g/mol. The van der Waals surface area contributed by atoms with Crippen LogP contribution in [0.25, 0.3) is 0 Å².